The fourth-order valence-corrected chi connectivity index (χ4v) is 2.29. The first-order valence-electron chi connectivity index (χ1n) is 7.71. The van der Waals surface area contributed by atoms with E-state index in [9.17, 15) is 9.59 Å². The lowest BCUT2D eigenvalue weighted by atomic mass is 10.1. The third kappa shape index (κ3) is 4.60. The normalized spacial score (nSPS) is 12.2. The second-order valence-electron chi connectivity index (χ2n) is 5.47. The van der Waals surface area contributed by atoms with Gasteiger partial charge in [0.15, 0.2) is 18.1 Å². The summed E-state index contributed by atoms with van der Waals surface area (Å²) in [5.74, 6) is 0.181. The molecule has 1 aliphatic heterocycles. The predicted molar refractivity (Wildman–Crippen MR) is 92.4 cm³/mol. The maximum Gasteiger partial charge on any atom is 0.331 e. The Morgan fingerprint density at radius 2 is 2.00 bits per heavy atom. The van der Waals surface area contributed by atoms with Crippen LogP contribution in [-0.2, 0) is 14.3 Å². The molecule has 1 amide bonds. The van der Waals surface area contributed by atoms with E-state index in [0.717, 1.165) is 11.1 Å². The quantitative estimate of drug-likeness (QED) is 0.670. The largest absolute Gasteiger partial charge is 0.454 e. The summed E-state index contributed by atoms with van der Waals surface area (Å²) in [6.45, 7) is 1.76. The van der Waals surface area contributed by atoms with E-state index in [2.05, 4.69) is 5.32 Å². The lowest BCUT2D eigenvalue weighted by Crippen LogP contribution is -2.20. The van der Waals surface area contributed by atoms with E-state index in [1.165, 1.54) is 6.08 Å². The number of rotatable bonds is 5. The topological polar surface area (TPSA) is 73.9 Å². The van der Waals surface area contributed by atoms with E-state index in [4.69, 9.17) is 14.2 Å². The molecule has 1 aliphatic rings. The van der Waals surface area contributed by atoms with Crippen LogP contribution in [0.1, 0.15) is 11.1 Å². The van der Waals surface area contributed by atoms with Gasteiger partial charge in [0.1, 0.15) is 0 Å². The number of hydrogen-bond acceptors (Lipinski definition) is 5. The van der Waals surface area contributed by atoms with Crippen molar-refractivity contribution in [3.8, 4) is 11.5 Å². The first kappa shape index (κ1) is 16.6. The molecular weight excluding hydrogens is 322 g/mol. The molecule has 0 aliphatic carbocycles. The zero-order valence-corrected chi connectivity index (χ0v) is 13.7. The van der Waals surface area contributed by atoms with Crippen molar-refractivity contribution in [2.24, 2.45) is 0 Å². The van der Waals surface area contributed by atoms with E-state index in [-0.39, 0.29) is 13.4 Å². The van der Waals surface area contributed by atoms with Gasteiger partial charge in [-0.05, 0) is 30.7 Å². The molecule has 0 radical (unpaired) electrons. The van der Waals surface area contributed by atoms with Gasteiger partial charge in [0, 0.05) is 17.8 Å². The molecule has 6 heteroatoms. The number of hydrogen-bond donors (Lipinski definition) is 1. The fourth-order valence-electron chi connectivity index (χ4n) is 2.29. The molecule has 0 unspecified atom stereocenters. The van der Waals surface area contributed by atoms with Gasteiger partial charge in [-0.15, -0.1) is 0 Å². The van der Waals surface area contributed by atoms with Crippen molar-refractivity contribution >= 4 is 23.6 Å². The lowest BCUT2D eigenvalue weighted by Gasteiger charge is -2.06. The minimum atomic E-state index is -0.581. The summed E-state index contributed by atoms with van der Waals surface area (Å²) in [7, 11) is 0. The summed E-state index contributed by atoms with van der Waals surface area (Å²) in [5, 5.41) is 2.63. The van der Waals surface area contributed by atoms with Gasteiger partial charge in [-0.2, -0.15) is 0 Å². The van der Waals surface area contributed by atoms with Gasteiger partial charge in [-0.1, -0.05) is 29.8 Å². The van der Waals surface area contributed by atoms with Crippen LogP contribution in [0.3, 0.4) is 0 Å². The molecule has 3 rings (SSSR count). The molecule has 0 atom stereocenters. The first-order chi connectivity index (χ1) is 12.1. The number of anilines is 1. The zero-order chi connectivity index (χ0) is 17.6. The van der Waals surface area contributed by atoms with Crippen LogP contribution < -0.4 is 14.8 Å². The van der Waals surface area contributed by atoms with Gasteiger partial charge < -0.3 is 19.5 Å². The van der Waals surface area contributed by atoms with E-state index in [1.54, 1.807) is 24.3 Å². The highest BCUT2D eigenvalue weighted by atomic mass is 16.7. The molecule has 0 saturated carbocycles. The van der Waals surface area contributed by atoms with E-state index in [0.29, 0.717) is 17.2 Å². The van der Waals surface area contributed by atoms with Gasteiger partial charge >= 0.3 is 5.97 Å². The first-order valence-corrected chi connectivity index (χ1v) is 7.71. The molecule has 25 heavy (non-hydrogen) atoms. The molecule has 1 N–H and O–H groups in total. The minimum absolute atomic E-state index is 0.164. The van der Waals surface area contributed by atoms with Crippen LogP contribution >= 0.6 is 0 Å². The number of amides is 1. The number of ether oxygens (including phenoxy) is 3. The van der Waals surface area contributed by atoms with Crippen LogP contribution in [0.4, 0.5) is 5.69 Å². The van der Waals surface area contributed by atoms with Gasteiger partial charge in [0.05, 0.1) is 0 Å². The van der Waals surface area contributed by atoms with Crippen LogP contribution in [0.15, 0.2) is 48.5 Å². The number of carbonyl (C=O) groups is 2. The molecule has 0 aromatic heterocycles. The number of esters is 1. The Balaban J connectivity index is 1.48. The summed E-state index contributed by atoms with van der Waals surface area (Å²) in [6, 6.07) is 12.7. The van der Waals surface area contributed by atoms with Crippen molar-refractivity contribution in [1.29, 1.82) is 0 Å². The molecule has 1 heterocycles. The molecule has 0 bridgehead atoms. The molecule has 6 nitrogen and oxygen atoms in total. The summed E-state index contributed by atoms with van der Waals surface area (Å²) < 4.78 is 15.4. The Kier molecular flexibility index (Phi) is 4.99. The van der Waals surface area contributed by atoms with Crippen LogP contribution in [0.5, 0.6) is 11.5 Å². The van der Waals surface area contributed by atoms with Crippen molar-refractivity contribution in [2.45, 2.75) is 6.92 Å². The Labute approximate surface area is 145 Å². The molecule has 0 fully saturated rings. The summed E-state index contributed by atoms with van der Waals surface area (Å²) in [4.78, 5) is 23.5. The van der Waals surface area contributed by atoms with Crippen molar-refractivity contribution in [2.75, 3.05) is 18.7 Å². The number of benzene rings is 2. The fraction of sp³-hybridized carbons (Fsp3) is 0.158. The minimum Gasteiger partial charge on any atom is -0.454 e. The Morgan fingerprint density at radius 3 is 2.84 bits per heavy atom. The van der Waals surface area contributed by atoms with Gasteiger partial charge in [-0.25, -0.2) is 4.79 Å². The average Bonchev–Trinajstić information content (AvgIpc) is 3.06. The summed E-state index contributed by atoms with van der Waals surface area (Å²) in [6.07, 6.45) is 2.94. The molecule has 2 aromatic carbocycles. The van der Waals surface area contributed by atoms with Gasteiger partial charge in [-0.3, -0.25) is 4.79 Å². The van der Waals surface area contributed by atoms with Crippen molar-refractivity contribution < 1.29 is 23.8 Å². The predicted octanol–water partition coefficient (Wildman–Crippen LogP) is 2.92. The Hall–Kier alpha value is -3.28. The van der Waals surface area contributed by atoms with E-state index >= 15 is 0 Å². The Bertz CT molecular complexity index is 828. The zero-order valence-electron chi connectivity index (χ0n) is 13.7. The molecule has 0 saturated heterocycles. The van der Waals surface area contributed by atoms with Crippen LogP contribution in [0.2, 0.25) is 0 Å². The number of carbonyl (C=O) groups excluding carboxylic acids is 2. The highest BCUT2D eigenvalue weighted by molar-refractivity contribution is 5.94. The second-order valence-corrected chi connectivity index (χ2v) is 5.47. The van der Waals surface area contributed by atoms with Crippen molar-refractivity contribution in [1.82, 2.24) is 0 Å². The van der Waals surface area contributed by atoms with Crippen LogP contribution in [-0.4, -0.2) is 25.3 Å². The maximum atomic E-state index is 11.9. The molecule has 128 valence electrons. The molecular formula is C19H17NO5. The van der Waals surface area contributed by atoms with Crippen LogP contribution in [0.25, 0.3) is 6.08 Å². The summed E-state index contributed by atoms with van der Waals surface area (Å²) in [5.41, 5.74) is 2.53. The monoisotopic (exact) mass is 339 g/mol. The lowest BCUT2D eigenvalue weighted by molar-refractivity contribution is -0.142. The third-order valence-corrected chi connectivity index (χ3v) is 3.46. The van der Waals surface area contributed by atoms with E-state index < -0.39 is 11.9 Å². The van der Waals surface area contributed by atoms with Crippen LogP contribution in [0, 0.1) is 6.92 Å². The van der Waals surface area contributed by atoms with E-state index in [1.807, 2.05) is 31.2 Å². The summed E-state index contributed by atoms with van der Waals surface area (Å²) >= 11 is 0. The third-order valence-electron chi connectivity index (χ3n) is 3.46. The number of aryl methyl sites for hydroxylation is 1. The Morgan fingerprint density at radius 1 is 1.16 bits per heavy atom. The highest BCUT2D eigenvalue weighted by Crippen LogP contribution is 2.34. The average molecular weight is 339 g/mol. The SMILES string of the molecule is Cc1cccc(/C=C/C(=O)OCC(=O)Nc2ccc3c(c2)OCO3)c1. The van der Waals surface area contributed by atoms with Crippen molar-refractivity contribution in [3.05, 3.63) is 59.7 Å². The molecule has 0 spiro atoms. The van der Waals surface area contributed by atoms with Gasteiger partial charge in [0.25, 0.3) is 5.91 Å². The molecule has 2 aromatic rings. The highest BCUT2D eigenvalue weighted by Gasteiger charge is 2.14. The second kappa shape index (κ2) is 7.53. The standard InChI is InChI=1S/C19H17NO5/c1-13-3-2-4-14(9-13)5-8-19(22)23-11-18(21)20-15-6-7-16-17(10-15)25-12-24-16/h2-10H,11-12H2,1H3,(H,20,21)/b8-5+. The van der Waals surface area contributed by atoms with Gasteiger partial charge in [0.2, 0.25) is 6.79 Å². The smallest absolute Gasteiger partial charge is 0.331 e. The van der Waals surface area contributed by atoms with Crippen molar-refractivity contribution in [3.63, 3.8) is 0 Å². The number of nitrogens with one attached hydrogen (secondary N) is 1. The maximum absolute atomic E-state index is 11.9. The number of fused-ring (bicyclic) bond motifs is 1.